The smallest absolute Gasteiger partial charge is 0.325 e. The minimum absolute atomic E-state index is 0.0595. The summed E-state index contributed by atoms with van der Waals surface area (Å²) in [5.41, 5.74) is 3.90. The van der Waals surface area contributed by atoms with Gasteiger partial charge in [-0.05, 0) is 6.42 Å². The van der Waals surface area contributed by atoms with Gasteiger partial charge in [-0.3, -0.25) is 14.4 Å². The lowest BCUT2D eigenvalue weighted by Crippen LogP contribution is -2.50. The standard InChI is InChI=1S/C10H12N4O4/c11-10(9(17)18)1-2-14(5-10)8(16)6-3-13-7(15)4-12-6/h3-4H,1-2,5,11H2,(H,13,15)(H,17,18). The number of amides is 1. The van der Waals surface area contributed by atoms with Gasteiger partial charge in [-0.15, -0.1) is 0 Å². The van der Waals surface area contributed by atoms with Crippen molar-refractivity contribution in [3.05, 3.63) is 28.4 Å². The molecule has 1 saturated heterocycles. The van der Waals surface area contributed by atoms with Crippen molar-refractivity contribution in [1.82, 2.24) is 14.9 Å². The van der Waals surface area contributed by atoms with E-state index >= 15 is 0 Å². The van der Waals surface area contributed by atoms with Crippen LogP contribution >= 0.6 is 0 Å². The Hall–Kier alpha value is -2.22. The number of nitrogens with two attached hydrogens (primary N) is 1. The average Bonchev–Trinajstić information content (AvgIpc) is 2.73. The molecule has 1 aliphatic rings. The van der Waals surface area contributed by atoms with Crippen LogP contribution in [0.2, 0.25) is 0 Å². The molecule has 1 aromatic heterocycles. The number of nitrogens with one attached hydrogen (secondary N) is 1. The van der Waals surface area contributed by atoms with Gasteiger partial charge in [0.2, 0.25) is 0 Å². The molecule has 96 valence electrons. The van der Waals surface area contributed by atoms with Crippen LogP contribution in [0.1, 0.15) is 16.9 Å². The maximum atomic E-state index is 12.0. The van der Waals surface area contributed by atoms with Gasteiger partial charge in [0, 0.05) is 19.3 Å². The summed E-state index contributed by atoms with van der Waals surface area (Å²) in [6.45, 7) is 0.185. The quantitative estimate of drug-likeness (QED) is 0.581. The van der Waals surface area contributed by atoms with Crippen molar-refractivity contribution >= 4 is 11.9 Å². The molecular weight excluding hydrogens is 240 g/mol. The Morgan fingerprint density at radius 3 is 2.78 bits per heavy atom. The number of hydrogen-bond donors (Lipinski definition) is 3. The van der Waals surface area contributed by atoms with Crippen molar-refractivity contribution in [2.24, 2.45) is 5.73 Å². The zero-order valence-corrected chi connectivity index (χ0v) is 9.42. The topological polar surface area (TPSA) is 129 Å². The normalized spacial score (nSPS) is 23.1. The maximum Gasteiger partial charge on any atom is 0.325 e. The Morgan fingerprint density at radius 1 is 1.56 bits per heavy atom. The molecule has 0 bridgehead atoms. The third-order valence-corrected chi connectivity index (χ3v) is 2.91. The van der Waals surface area contributed by atoms with Crippen molar-refractivity contribution in [1.29, 1.82) is 0 Å². The molecule has 1 unspecified atom stereocenters. The third kappa shape index (κ3) is 2.09. The molecule has 1 fully saturated rings. The van der Waals surface area contributed by atoms with Crippen LogP contribution in [0.3, 0.4) is 0 Å². The zero-order chi connectivity index (χ0) is 13.3. The van der Waals surface area contributed by atoms with Gasteiger partial charge < -0.3 is 20.7 Å². The lowest BCUT2D eigenvalue weighted by Gasteiger charge is -2.19. The van der Waals surface area contributed by atoms with E-state index in [1.807, 2.05) is 0 Å². The van der Waals surface area contributed by atoms with Crippen LogP contribution in [0, 0.1) is 0 Å². The van der Waals surface area contributed by atoms with Gasteiger partial charge in [0.25, 0.3) is 11.5 Å². The monoisotopic (exact) mass is 252 g/mol. The van der Waals surface area contributed by atoms with E-state index in [4.69, 9.17) is 10.8 Å². The number of likely N-dealkylation sites (tertiary alicyclic amines) is 1. The first kappa shape index (κ1) is 12.2. The van der Waals surface area contributed by atoms with Crippen LogP contribution in [-0.2, 0) is 4.79 Å². The molecule has 2 rings (SSSR count). The number of H-pyrrole nitrogens is 1. The van der Waals surface area contributed by atoms with E-state index in [1.54, 1.807) is 0 Å². The molecule has 1 aromatic rings. The fraction of sp³-hybridized carbons (Fsp3) is 0.400. The van der Waals surface area contributed by atoms with E-state index in [2.05, 4.69) is 9.97 Å². The number of carboxylic acid groups (broad SMARTS) is 1. The molecule has 18 heavy (non-hydrogen) atoms. The molecule has 0 aromatic carbocycles. The summed E-state index contributed by atoms with van der Waals surface area (Å²) in [5.74, 6) is -1.58. The minimum atomic E-state index is -1.40. The Morgan fingerprint density at radius 2 is 2.28 bits per heavy atom. The SMILES string of the molecule is NC1(C(=O)O)CCN(C(=O)c2c[nH]c(=O)cn2)C1. The van der Waals surface area contributed by atoms with Crippen molar-refractivity contribution in [3.8, 4) is 0 Å². The number of hydrogen-bond acceptors (Lipinski definition) is 5. The maximum absolute atomic E-state index is 12.0. The molecule has 0 spiro atoms. The average molecular weight is 252 g/mol. The fourth-order valence-corrected chi connectivity index (χ4v) is 1.80. The summed E-state index contributed by atoms with van der Waals surface area (Å²) >= 11 is 0. The highest BCUT2D eigenvalue weighted by Crippen LogP contribution is 2.20. The number of aromatic amines is 1. The number of carbonyl (C=O) groups is 2. The molecule has 1 amide bonds. The summed E-state index contributed by atoms with van der Waals surface area (Å²) in [5, 5.41) is 8.95. The van der Waals surface area contributed by atoms with Crippen molar-refractivity contribution in [3.63, 3.8) is 0 Å². The first-order valence-corrected chi connectivity index (χ1v) is 5.29. The van der Waals surface area contributed by atoms with E-state index < -0.39 is 23.0 Å². The van der Waals surface area contributed by atoms with E-state index in [1.165, 1.54) is 11.1 Å². The second-order valence-electron chi connectivity index (χ2n) is 4.23. The Bertz CT molecular complexity index is 535. The van der Waals surface area contributed by atoms with E-state index in [-0.39, 0.29) is 25.2 Å². The van der Waals surface area contributed by atoms with E-state index in [0.29, 0.717) is 0 Å². The van der Waals surface area contributed by atoms with Crippen LogP contribution in [-0.4, -0.2) is 50.5 Å². The van der Waals surface area contributed by atoms with Crippen molar-refractivity contribution in [2.75, 3.05) is 13.1 Å². The highest BCUT2D eigenvalue weighted by atomic mass is 16.4. The first-order valence-electron chi connectivity index (χ1n) is 5.29. The number of aromatic nitrogens is 2. The molecule has 0 aliphatic carbocycles. The predicted octanol–water partition coefficient (Wildman–Crippen LogP) is -1.60. The Labute approximate surface area is 101 Å². The van der Waals surface area contributed by atoms with Gasteiger partial charge in [-0.25, -0.2) is 4.98 Å². The molecule has 0 radical (unpaired) electrons. The van der Waals surface area contributed by atoms with E-state index in [9.17, 15) is 14.4 Å². The zero-order valence-electron chi connectivity index (χ0n) is 9.42. The summed E-state index contributed by atoms with van der Waals surface area (Å²) < 4.78 is 0. The summed E-state index contributed by atoms with van der Waals surface area (Å²) in [7, 11) is 0. The lowest BCUT2D eigenvalue weighted by atomic mass is 10.0. The number of carbonyl (C=O) groups excluding carboxylic acids is 1. The largest absolute Gasteiger partial charge is 0.480 e. The van der Waals surface area contributed by atoms with E-state index in [0.717, 1.165) is 6.20 Å². The lowest BCUT2D eigenvalue weighted by molar-refractivity contribution is -0.142. The molecule has 8 nitrogen and oxygen atoms in total. The number of nitrogens with zero attached hydrogens (tertiary/aromatic N) is 2. The molecule has 8 heteroatoms. The predicted molar refractivity (Wildman–Crippen MR) is 59.9 cm³/mol. The summed E-state index contributed by atoms with van der Waals surface area (Å²) in [4.78, 5) is 41.1. The third-order valence-electron chi connectivity index (χ3n) is 2.91. The van der Waals surface area contributed by atoms with Gasteiger partial charge in [-0.1, -0.05) is 0 Å². The number of carboxylic acids is 1. The van der Waals surface area contributed by atoms with Gasteiger partial charge in [0.05, 0.1) is 6.20 Å². The minimum Gasteiger partial charge on any atom is -0.480 e. The first-order chi connectivity index (χ1) is 8.42. The molecule has 2 heterocycles. The van der Waals surface area contributed by atoms with Crippen LogP contribution in [0.5, 0.6) is 0 Å². The second-order valence-corrected chi connectivity index (χ2v) is 4.23. The van der Waals surface area contributed by atoms with Crippen LogP contribution in [0.4, 0.5) is 0 Å². The summed E-state index contributed by atoms with van der Waals surface area (Å²) in [6.07, 6.45) is 2.38. The van der Waals surface area contributed by atoms with Crippen LogP contribution in [0.25, 0.3) is 0 Å². The van der Waals surface area contributed by atoms with Crippen LogP contribution < -0.4 is 11.3 Å². The number of rotatable bonds is 2. The molecule has 1 atom stereocenters. The Balaban J connectivity index is 2.15. The Kier molecular flexibility index (Phi) is 2.87. The molecule has 0 saturated carbocycles. The number of aliphatic carboxylic acids is 1. The second kappa shape index (κ2) is 4.22. The van der Waals surface area contributed by atoms with Crippen molar-refractivity contribution < 1.29 is 14.7 Å². The fourth-order valence-electron chi connectivity index (χ4n) is 1.80. The van der Waals surface area contributed by atoms with Gasteiger partial charge in [-0.2, -0.15) is 0 Å². The highest BCUT2D eigenvalue weighted by molar-refractivity contribution is 5.93. The molecular formula is C10H12N4O4. The van der Waals surface area contributed by atoms with Gasteiger partial charge in [0.1, 0.15) is 11.2 Å². The molecule has 1 aliphatic heterocycles. The van der Waals surface area contributed by atoms with Gasteiger partial charge in [0.15, 0.2) is 0 Å². The van der Waals surface area contributed by atoms with Gasteiger partial charge >= 0.3 is 5.97 Å². The summed E-state index contributed by atoms with van der Waals surface area (Å²) in [6, 6.07) is 0. The van der Waals surface area contributed by atoms with Crippen molar-refractivity contribution in [2.45, 2.75) is 12.0 Å². The molecule has 4 N–H and O–H groups in total. The van der Waals surface area contributed by atoms with Crippen LogP contribution in [0.15, 0.2) is 17.2 Å². The highest BCUT2D eigenvalue weighted by Gasteiger charge is 2.43.